The largest absolute Gasteiger partial charge is 0.504 e. The predicted octanol–water partition coefficient (Wildman–Crippen LogP) is 3.08. The zero-order valence-electron chi connectivity index (χ0n) is 15.0. The molecule has 1 amide bonds. The van der Waals surface area contributed by atoms with Crippen molar-refractivity contribution in [3.05, 3.63) is 42.0 Å². The number of amides is 1. The normalized spacial score (nSPS) is 10.5. The summed E-state index contributed by atoms with van der Waals surface area (Å²) in [4.78, 5) is 12.1. The molecule has 0 radical (unpaired) electrons. The zero-order valence-corrected chi connectivity index (χ0v) is 15.0. The van der Waals surface area contributed by atoms with E-state index in [1.807, 2.05) is 0 Å². The van der Waals surface area contributed by atoms with Crippen molar-refractivity contribution in [1.29, 1.82) is 0 Å². The van der Waals surface area contributed by atoms with Gasteiger partial charge < -0.3 is 29.4 Å². The number of carbonyl (C=O) groups excluding carboxylic acids is 1. The van der Waals surface area contributed by atoms with Crippen molar-refractivity contribution in [2.24, 2.45) is 0 Å². The summed E-state index contributed by atoms with van der Waals surface area (Å²) in [7, 11) is 6.02. The van der Waals surface area contributed by atoms with E-state index in [4.69, 9.17) is 18.9 Å². The van der Waals surface area contributed by atoms with Crippen molar-refractivity contribution in [2.75, 3.05) is 33.8 Å². The second-order valence-electron chi connectivity index (χ2n) is 5.17. The third-order valence-corrected chi connectivity index (χ3v) is 3.56. The lowest BCUT2D eigenvalue weighted by Crippen LogP contribution is -2.07. The molecule has 7 nitrogen and oxygen atoms in total. The standard InChI is InChI=1S/C19H21NO6/c1-23-15-7-6-13(11-14(15)21)20-18(22)8-5-12-9-16(24-2)19(26-4)17(10-12)25-3/h5-11,21H,1-4H3,(H,20,22)/b8-5+. The first-order valence-corrected chi connectivity index (χ1v) is 7.68. The number of hydrogen-bond acceptors (Lipinski definition) is 6. The maximum atomic E-state index is 12.1. The first-order chi connectivity index (χ1) is 12.5. The van der Waals surface area contributed by atoms with Gasteiger partial charge in [-0.3, -0.25) is 4.79 Å². The van der Waals surface area contributed by atoms with Crippen molar-refractivity contribution >= 4 is 17.7 Å². The van der Waals surface area contributed by atoms with Gasteiger partial charge in [0.05, 0.1) is 28.4 Å². The van der Waals surface area contributed by atoms with Gasteiger partial charge in [0.2, 0.25) is 11.7 Å². The Labute approximate surface area is 151 Å². The lowest BCUT2D eigenvalue weighted by Gasteiger charge is -2.12. The van der Waals surface area contributed by atoms with Crippen molar-refractivity contribution in [2.45, 2.75) is 0 Å². The van der Waals surface area contributed by atoms with Crippen LogP contribution in [0.3, 0.4) is 0 Å². The third-order valence-electron chi connectivity index (χ3n) is 3.56. The summed E-state index contributed by atoms with van der Waals surface area (Å²) >= 11 is 0. The van der Waals surface area contributed by atoms with Gasteiger partial charge in [-0.05, 0) is 35.9 Å². The fourth-order valence-corrected chi connectivity index (χ4v) is 2.32. The molecule has 0 aliphatic heterocycles. The molecule has 2 aromatic rings. The molecule has 0 fully saturated rings. The molecule has 7 heteroatoms. The Bertz CT molecular complexity index is 791. The minimum atomic E-state index is -0.358. The highest BCUT2D eigenvalue weighted by Gasteiger charge is 2.12. The van der Waals surface area contributed by atoms with Crippen LogP contribution in [0.5, 0.6) is 28.7 Å². The Kier molecular flexibility index (Phi) is 6.32. The Morgan fingerprint density at radius 3 is 2.04 bits per heavy atom. The van der Waals surface area contributed by atoms with Gasteiger partial charge in [-0.15, -0.1) is 0 Å². The first-order valence-electron chi connectivity index (χ1n) is 7.68. The van der Waals surface area contributed by atoms with E-state index in [9.17, 15) is 9.90 Å². The van der Waals surface area contributed by atoms with E-state index >= 15 is 0 Å². The molecule has 0 unspecified atom stereocenters. The number of methoxy groups -OCH3 is 4. The molecule has 0 aliphatic carbocycles. The summed E-state index contributed by atoms with van der Waals surface area (Å²) in [6.07, 6.45) is 2.98. The van der Waals surface area contributed by atoms with Crippen LogP contribution in [0.25, 0.3) is 6.08 Å². The monoisotopic (exact) mass is 359 g/mol. The fraction of sp³-hybridized carbons (Fsp3) is 0.211. The topological polar surface area (TPSA) is 86.3 Å². The number of phenolic OH excluding ortho intramolecular Hbond substituents is 1. The maximum absolute atomic E-state index is 12.1. The highest BCUT2D eigenvalue weighted by Crippen LogP contribution is 2.38. The Hall–Kier alpha value is -3.35. The van der Waals surface area contributed by atoms with E-state index in [2.05, 4.69) is 5.32 Å². The van der Waals surface area contributed by atoms with Gasteiger partial charge in [0.25, 0.3) is 0 Å². The predicted molar refractivity (Wildman–Crippen MR) is 98.4 cm³/mol. The van der Waals surface area contributed by atoms with Crippen LogP contribution in [0.4, 0.5) is 5.69 Å². The fourth-order valence-electron chi connectivity index (χ4n) is 2.32. The molecule has 0 spiro atoms. The molecule has 2 N–H and O–H groups in total. The third kappa shape index (κ3) is 4.38. The number of benzene rings is 2. The lowest BCUT2D eigenvalue weighted by molar-refractivity contribution is -0.111. The first kappa shape index (κ1) is 19.0. The average molecular weight is 359 g/mol. The van der Waals surface area contributed by atoms with E-state index in [0.717, 1.165) is 0 Å². The summed E-state index contributed by atoms with van der Waals surface area (Å²) in [6.45, 7) is 0. The molecular formula is C19H21NO6. The molecule has 0 atom stereocenters. The summed E-state index contributed by atoms with van der Waals surface area (Å²) < 4.78 is 20.8. The number of rotatable bonds is 7. The minimum Gasteiger partial charge on any atom is -0.504 e. The van der Waals surface area contributed by atoms with Crippen molar-refractivity contribution in [1.82, 2.24) is 0 Å². The van der Waals surface area contributed by atoms with E-state index < -0.39 is 0 Å². The van der Waals surface area contributed by atoms with E-state index in [1.54, 1.807) is 30.3 Å². The van der Waals surface area contributed by atoms with Crippen LogP contribution in [0.15, 0.2) is 36.4 Å². The average Bonchev–Trinajstić information content (AvgIpc) is 2.65. The van der Waals surface area contributed by atoms with Crippen LogP contribution >= 0.6 is 0 Å². The summed E-state index contributed by atoms with van der Waals surface area (Å²) in [5, 5.41) is 12.4. The van der Waals surface area contributed by atoms with Crippen molar-refractivity contribution < 1.29 is 28.8 Å². The highest BCUT2D eigenvalue weighted by atomic mass is 16.5. The number of nitrogens with one attached hydrogen (secondary N) is 1. The van der Waals surface area contributed by atoms with Crippen molar-refractivity contribution in [3.63, 3.8) is 0 Å². The van der Waals surface area contributed by atoms with Crippen LogP contribution in [-0.4, -0.2) is 39.5 Å². The molecular weight excluding hydrogens is 338 g/mol. The molecule has 2 rings (SSSR count). The molecule has 0 aromatic heterocycles. The molecule has 0 saturated carbocycles. The Balaban J connectivity index is 2.16. The van der Waals surface area contributed by atoms with Gasteiger partial charge in [-0.25, -0.2) is 0 Å². The minimum absolute atomic E-state index is 0.0566. The quantitative estimate of drug-likeness (QED) is 0.739. The molecule has 26 heavy (non-hydrogen) atoms. The zero-order chi connectivity index (χ0) is 19.1. The summed E-state index contributed by atoms with van der Waals surface area (Å²) in [5.41, 5.74) is 1.15. The molecule has 2 aromatic carbocycles. The molecule has 0 aliphatic rings. The maximum Gasteiger partial charge on any atom is 0.248 e. The van der Waals surface area contributed by atoms with Gasteiger partial charge in [-0.2, -0.15) is 0 Å². The molecule has 0 heterocycles. The lowest BCUT2D eigenvalue weighted by atomic mass is 10.1. The van der Waals surface area contributed by atoms with E-state index in [-0.39, 0.29) is 11.7 Å². The van der Waals surface area contributed by atoms with E-state index in [1.165, 1.54) is 40.6 Å². The van der Waals surface area contributed by atoms with E-state index in [0.29, 0.717) is 34.2 Å². The van der Waals surface area contributed by atoms with Crippen LogP contribution in [-0.2, 0) is 4.79 Å². The summed E-state index contributed by atoms with van der Waals surface area (Å²) in [5.74, 6) is 1.38. The van der Waals surface area contributed by atoms with Gasteiger partial charge in [0.1, 0.15) is 0 Å². The van der Waals surface area contributed by atoms with Crippen LogP contribution in [0.1, 0.15) is 5.56 Å². The number of aromatic hydroxyl groups is 1. The molecule has 138 valence electrons. The highest BCUT2D eigenvalue weighted by molar-refractivity contribution is 6.02. The Morgan fingerprint density at radius 1 is 0.923 bits per heavy atom. The van der Waals surface area contributed by atoms with Crippen molar-refractivity contribution in [3.8, 4) is 28.7 Å². The number of carbonyl (C=O) groups is 1. The SMILES string of the molecule is COc1ccc(NC(=O)/C=C/c2cc(OC)c(OC)c(OC)c2)cc1O. The smallest absolute Gasteiger partial charge is 0.248 e. The van der Waals surface area contributed by atoms with Gasteiger partial charge >= 0.3 is 0 Å². The number of anilines is 1. The van der Waals surface area contributed by atoms with Gasteiger partial charge in [0, 0.05) is 17.8 Å². The van der Waals surface area contributed by atoms with Gasteiger partial charge in [0.15, 0.2) is 23.0 Å². The van der Waals surface area contributed by atoms with Crippen LogP contribution in [0, 0.1) is 0 Å². The second-order valence-corrected chi connectivity index (χ2v) is 5.17. The Morgan fingerprint density at radius 2 is 1.54 bits per heavy atom. The van der Waals surface area contributed by atoms with Crippen LogP contribution in [0.2, 0.25) is 0 Å². The molecule has 0 bridgehead atoms. The van der Waals surface area contributed by atoms with Gasteiger partial charge in [-0.1, -0.05) is 0 Å². The number of phenols is 1. The summed E-state index contributed by atoms with van der Waals surface area (Å²) in [6, 6.07) is 8.05. The molecule has 0 saturated heterocycles. The van der Waals surface area contributed by atoms with Crippen LogP contribution < -0.4 is 24.3 Å². The number of hydrogen-bond donors (Lipinski definition) is 2. The number of ether oxygens (including phenoxy) is 4. The second kappa shape index (κ2) is 8.66.